The summed E-state index contributed by atoms with van der Waals surface area (Å²) in [6.45, 7) is 4.17. The number of rotatable bonds is 4. The lowest BCUT2D eigenvalue weighted by atomic mass is 10.3. The number of amides is 1. The molecule has 0 atom stereocenters. The Morgan fingerprint density at radius 3 is 3.17 bits per heavy atom. The van der Waals surface area contributed by atoms with Crippen LogP contribution in [0.5, 0.6) is 0 Å². The molecular weight excluding hydrogens is 154 g/mol. The average Bonchev–Trinajstić information content (AvgIpc) is 2.56. The van der Waals surface area contributed by atoms with E-state index in [0.717, 1.165) is 6.42 Å². The van der Waals surface area contributed by atoms with Crippen molar-refractivity contribution in [3.8, 4) is 0 Å². The number of furan rings is 1. The lowest BCUT2D eigenvalue weighted by Crippen LogP contribution is -2.23. The van der Waals surface area contributed by atoms with Gasteiger partial charge in [-0.05, 0) is 12.5 Å². The van der Waals surface area contributed by atoms with E-state index >= 15 is 0 Å². The Labute approximate surface area is 71.1 Å². The van der Waals surface area contributed by atoms with Gasteiger partial charge >= 0.3 is 0 Å². The Morgan fingerprint density at radius 1 is 1.75 bits per heavy atom. The smallest absolute Gasteiger partial charge is 0.254 e. The first kappa shape index (κ1) is 8.59. The van der Waals surface area contributed by atoms with Crippen LogP contribution in [0.25, 0.3) is 0 Å². The van der Waals surface area contributed by atoms with Crippen LogP contribution in [0.4, 0.5) is 0 Å². The van der Waals surface area contributed by atoms with Crippen LogP contribution in [-0.4, -0.2) is 12.5 Å². The van der Waals surface area contributed by atoms with Crippen LogP contribution in [0.2, 0.25) is 0 Å². The van der Waals surface area contributed by atoms with E-state index in [4.69, 9.17) is 4.42 Å². The first-order valence-electron chi connectivity index (χ1n) is 3.76. The van der Waals surface area contributed by atoms with Crippen LogP contribution < -0.4 is 5.32 Å². The van der Waals surface area contributed by atoms with Gasteiger partial charge in [-0.1, -0.05) is 6.08 Å². The van der Waals surface area contributed by atoms with Crippen LogP contribution in [0.1, 0.15) is 16.8 Å². The molecule has 0 saturated carbocycles. The molecule has 0 aliphatic rings. The van der Waals surface area contributed by atoms with E-state index < -0.39 is 0 Å². The van der Waals surface area contributed by atoms with E-state index in [2.05, 4.69) is 11.9 Å². The van der Waals surface area contributed by atoms with Gasteiger partial charge in [-0.2, -0.15) is 0 Å². The fraction of sp³-hybridized carbons (Fsp3) is 0.222. The maximum Gasteiger partial charge on any atom is 0.254 e. The Morgan fingerprint density at radius 2 is 2.58 bits per heavy atom. The quantitative estimate of drug-likeness (QED) is 0.543. The molecule has 3 nitrogen and oxygen atoms in total. The van der Waals surface area contributed by atoms with Crippen molar-refractivity contribution in [3.05, 3.63) is 36.8 Å². The second kappa shape index (κ2) is 4.38. The second-order valence-corrected chi connectivity index (χ2v) is 2.35. The molecule has 1 aromatic heterocycles. The van der Waals surface area contributed by atoms with Crippen molar-refractivity contribution in [1.29, 1.82) is 0 Å². The standard InChI is InChI=1S/C9H11NO2/c1-2-3-5-10-9(11)8-4-6-12-7-8/h2,4,6-7H,1,3,5H2,(H,10,11). The van der Waals surface area contributed by atoms with E-state index in [1.54, 1.807) is 12.1 Å². The Hall–Kier alpha value is -1.51. The summed E-state index contributed by atoms with van der Waals surface area (Å²) >= 11 is 0. The Kier molecular flexibility index (Phi) is 3.14. The number of carbonyl (C=O) groups is 1. The van der Waals surface area contributed by atoms with E-state index in [-0.39, 0.29) is 5.91 Å². The topological polar surface area (TPSA) is 42.2 Å². The highest BCUT2D eigenvalue weighted by Crippen LogP contribution is 1.98. The minimum Gasteiger partial charge on any atom is -0.472 e. The van der Waals surface area contributed by atoms with Gasteiger partial charge in [0.2, 0.25) is 0 Å². The maximum absolute atomic E-state index is 11.2. The molecule has 0 aliphatic carbocycles. The molecule has 12 heavy (non-hydrogen) atoms. The van der Waals surface area contributed by atoms with Crippen molar-refractivity contribution in [2.24, 2.45) is 0 Å². The van der Waals surface area contributed by atoms with E-state index in [1.165, 1.54) is 12.5 Å². The maximum atomic E-state index is 11.2. The third kappa shape index (κ3) is 2.27. The molecule has 1 rings (SSSR count). The minimum absolute atomic E-state index is 0.106. The van der Waals surface area contributed by atoms with Gasteiger partial charge in [-0.25, -0.2) is 0 Å². The van der Waals surface area contributed by atoms with Crippen molar-refractivity contribution >= 4 is 5.91 Å². The van der Waals surface area contributed by atoms with Gasteiger partial charge in [-0.3, -0.25) is 4.79 Å². The van der Waals surface area contributed by atoms with Crippen LogP contribution in [0.15, 0.2) is 35.7 Å². The Balaban J connectivity index is 2.34. The van der Waals surface area contributed by atoms with Crippen molar-refractivity contribution in [1.82, 2.24) is 5.32 Å². The first-order valence-corrected chi connectivity index (χ1v) is 3.76. The third-order valence-electron chi connectivity index (χ3n) is 1.42. The summed E-state index contributed by atoms with van der Waals surface area (Å²) in [4.78, 5) is 11.2. The first-order chi connectivity index (χ1) is 5.84. The number of hydrogen-bond donors (Lipinski definition) is 1. The molecular formula is C9H11NO2. The molecule has 0 unspecified atom stereocenters. The normalized spacial score (nSPS) is 9.33. The average molecular weight is 165 g/mol. The molecule has 1 aromatic rings. The molecule has 0 spiro atoms. The predicted molar refractivity (Wildman–Crippen MR) is 45.9 cm³/mol. The zero-order chi connectivity index (χ0) is 8.81. The largest absolute Gasteiger partial charge is 0.472 e. The lowest BCUT2D eigenvalue weighted by Gasteiger charge is -1.98. The molecule has 1 N–H and O–H groups in total. The summed E-state index contributed by atoms with van der Waals surface area (Å²) in [6.07, 6.45) is 5.44. The molecule has 1 amide bonds. The zero-order valence-electron chi connectivity index (χ0n) is 6.75. The van der Waals surface area contributed by atoms with Gasteiger partial charge in [0.1, 0.15) is 6.26 Å². The highest BCUT2D eigenvalue weighted by atomic mass is 16.3. The van der Waals surface area contributed by atoms with Crippen LogP contribution in [0.3, 0.4) is 0 Å². The number of carbonyl (C=O) groups excluding carboxylic acids is 1. The summed E-state index contributed by atoms with van der Waals surface area (Å²) in [5.41, 5.74) is 0.555. The summed E-state index contributed by atoms with van der Waals surface area (Å²) in [5, 5.41) is 2.72. The summed E-state index contributed by atoms with van der Waals surface area (Å²) < 4.78 is 4.76. The van der Waals surface area contributed by atoms with E-state index in [0.29, 0.717) is 12.1 Å². The molecule has 0 bridgehead atoms. The number of hydrogen-bond acceptors (Lipinski definition) is 2. The monoisotopic (exact) mass is 165 g/mol. The summed E-state index contributed by atoms with van der Waals surface area (Å²) in [6, 6.07) is 1.63. The predicted octanol–water partition coefficient (Wildman–Crippen LogP) is 1.59. The molecule has 1 heterocycles. The molecule has 0 saturated heterocycles. The molecule has 64 valence electrons. The molecule has 3 heteroatoms. The van der Waals surface area contributed by atoms with Gasteiger partial charge in [-0.15, -0.1) is 6.58 Å². The van der Waals surface area contributed by atoms with Crippen molar-refractivity contribution in [2.75, 3.05) is 6.54 Å². The Bertz CT molecular complexity index is 252. The van der Waals surface area contributed by atoms with Crippen molar-refractivity contribution in [3.63, 3.8) is 0 Å². The fourth-order valence-corrected chi connectivity index (χ4v) is 0.783. The van der Waals surface area contributed by atoms with Gasteiger partial charge in [0, 0.05) is 6.54 Å². The minimum atomic E-state index is -0.106. The third-order valence-corrected chi connectivity index (χ3v) is 1.42. The molecule has 0 radical (unpaired) electrons. The zero-order valence-corrected chi connectivity index (χ0v) is 6.75. The fourth-order valence-electron chi connectivity index (χ4n) is 0.783. The van der Waals surface area contributed by atoms with E-state index in [9.17, 15) is 4.79 Å². The highest BCUT2D eigenvalue weighted by molar-refractivity contribution is 5.93. The summed E-state index contributed by atoms with van der Waals surface area (Å²) in [5.74, 6) is -0.106. The molecule has 0 aliphatic heterocycles. The SMILES string of the molecule is C=CCCNC(=O)c1ccoc1. The van der Waals surface area contributed by atoms with Crippen LogP contribution in [-0.2, 0) is 0 Å². The van der Waals surface area contributed by atoms with Gasteiger partial charge in [0.15, 0.2) is 0 Å². The summed E-state index contributed by atoms with van der Waals surface area (Å²) in [7, 11) is 0. The van der Waals surface area contributed by atoms with Crippen molar-refractivity contribution < 1.29 is 9.21 Å². The van der Waals surface area contributed by atoms with Crippen LogP contribution >= 0.6 is 0 Å². The lowest BCUT2D eigenvalue weighted by molar-refractivity contribution is 0.0954. The van der Waals surface area contributed by atoms with Gasteiger partial charge in [0.25, 0.3) is 5.91 Å². The van der Waals surface area contributed by atoms with Crippen LogP contribution in [0, 0.1) is 0 Å². The number of nitrogens with one attached hydrogen (secondary N) is 1. The highest BCUT2D eigenvalue weighted by Gasteiger charge is 2.03. The van der Waals surface area contributed by atoms with E-state index in [1.807, 2.05) is 0 Å². The second-order valence-electron chi connectivity index (χ2n) is 2.35. The van der Waals surface area contributed by atoms with Crippen molar-refractivity contribution in [2.45, 2.75) is 6.42 Å². The molecule has 0 aromatic carbocycles. The van der Waals surface area contributed by atoms with Gasteiger partial charge in [0.05, 0.1) is 11.8 Å². The molecule has 0 fully saturated rings. The van der Waals surface area contributed by atoms with Gasteiger partial charge < -0.3 is 9.73 Å².